The molecule has 4 aliphatic heterocycles. The Morgan fingerprint density at radius 1 is 0.600 bits per heavy atom. The highest BCUT2D eigenvalue weighted by Gasteiger charge is 2.42. The summed E-state index contributed by atoms with van der Waals surface area (Å²) in [5.41, 5.74) is -1.70. The van der Waals surface area contributed by atoms with E-state index in [1.54, 1.807) is 32.2 Å². The number of fused-ring (bicyclic) bond motifs is 2. The molecule has 0 bridgehead atoms. The Morgan fingerprint density at radius 2 is 0.940 bits per heavy atom. The lowest BCUT2D eigenvalue weighted by molar-refractivity contribution is -1.09. The average molecular weight is 702 g/mol. The van der Waals surface area contributed by atoms with E-state index < -0.39 is 43.7 Å². The number of aromatic amines is 1. The number of nitrogens with one attached hydrogen (secondary N) is 3. The number of morpholine rings is 4. The van der Waals surface area contributed by atoms with Crippen LogP contribution >= 0.6 is 0 Å². The molecule has 5 aliphatic rings. The summed E-state index contributed by atoms with van der Waals surface area (Å²) in [4.78, 5) is 42.0. The molecule has 0 unspecified atom stereocenters. The van der Waals surface area contributed by atoms with Gasteiger partial charge in [-0.05, 0) is 12.1 Å². The Kier molecular flexibility index (Phi) is 10.2. The van der Waals surface area contributed by atoms with Gasteiger partial charge in [-0.3, -0.25) is 14.4 Å². The summed E-state index contributed by atoms with van der Waals surface area (Å²) in [6.45, 7) is 5.63. The smallest absolute Gasteiger partial charge is 0.260 e. The van der Waals surface area contributed by atoms with Gasteiger partial charge in [-0.15, -0.1) is 20.0 Å². The predicted molar refractivity (Wildman–Crippen MR) is 176 cm³/mol. The van der Waals surface area contributed by atoms with E-state index in [4.69, 9.17) is 18.9 Å². The highest BCUT2D eigenvalue weighted by molar-refractivity contribution is 6.32. The number of nitrogens with zero attached hydrogens (tertiary/aromatic N) is 6. The minimum absolute atomic E-state index is 0.120. The molecule has 0 saturated carbocycles. The zero-order chi connectivity index (χ0) is 34.9. The van der Waals surface area contributed by atoms with Crippen molar-refractivity contribution in [2.24, 2.45) is 0 Å². The normalized spacial score (nSPS) is 21.9. The van der Waals surface area contributed by atoms with Crippen LogP contribution in [0.25, 0.3) is 0 Å². The largest absolute Gasteiger partial charge is 0.590 e. The maximum absolute atomic E-state index is 14.7. The summed E-state index contributed by atoms with van der Waals surface area (Å²) in [7, 11) is 0. The number of rotatable bonds is 10. The third-order valence-electron chi connectivity index (χ3n) is 9.86. The maximum atomic E-state index is 14.7. The molecule has 1 aliphatic carbocycles. The minimum Gasteiger partial charge on any atom is -0.590 e. The van der Waals surface area contributed by atoms with Crippen molar-refractivity contribution in [3.8, 4) is 5.75 Å². The van der Waals surface area contributed by atoms with E-state index in [9.17, 15) is 29.9 Å². The second-order valence-electron chi connectivity index (χ2n) is 12.6. The molecule has 272 valence electrons. The van der Waals surface area contributed by atoms with Crippen LogP contribution in [0.5, 0.6) is 5.75 Å². The van der Waals surface area contributed by atoms with E-state index in [-0.39, 0.29) is 35.8 Å². The van der Waals surface area contributed by atoms with Crippen molar-refractivity contribution in [3.63, 3.8) is 0 Å². The summed E-state index contributed by atoms with van der Waals surface area (Å²) in [5, 5.41) is 53.3. The first-order valence-electron chi connectivity index (χ1n) is 16.9. The van der Waals surface area contributed by atoms with Crippen molar-refractivity contribution in [2.45, 2.75) is 0 Å². The highest BCUT2D eigenvalue weighted by Crippen LogP contribution is 2.39. The molecular weight excluding hydrogens is 658 g/mol. The molecule has 19 heteroatoms. The number of aromatic hydroxyl groups is 1. The van der Waals surface area contributed by atoms with E-state index >= 15 is 0 Å². The topological polar surface area (TPSA) is 207 Å². The van der Waals surface area contributed by atoms with Crippen LogP contribution in [0.4, 0.5) is 11.4 Å². The number of anilines is 2. The molecule has 4 N–H and O–H groups in total. The van der Waals surface area contributed by atoms with Crippen molar-refractivity contribution < 1.29 is 43.4 Å². The summed E-state index contributed by atoms with van der Waals surface area (Å²) in [6, 6.07) is 3.12. The number of ether oxygens (including phenoxy) is 4. The van der Waals surface area contributed by atoms with Gasteiger partial charge in [0.2, 0.25) is 11.6 Å². The molecule has 4 fully saturated rings. The van der Waals surface area contributed by atoms with Gasteiger partial charge in [0.05, 0.1) is 133 Å². The number of carbonyl (C=O) groups excluding carboxylic acids is 2. The molecule has 19 nitrogen and oxygen atoms in total. The van der Waals surface area contributed by atoms with Crippen LogP contribution in [0.2, 0.25) is 0 Å². The van der Waals surface area contributed by atoms with Gasteiger partial charge in [-0.25, -0.2) is 0 Å². The summed E-state index contributed by atoms with van der Waals surface area (Å²) < 4.78 is 22.0. The Balaban J connectivity index is 1.26. The van der Waals surface area contributed by atoms with Gasteiger partial charge < -0.3 is 50.1 Å². The lowest BCUT2D eigenvalue weighted by Crippen LogP contribution is -2.70. The fourth-order valence-electron chi connectivity index (χ4n) is 7.18. The second kappa shape index (κ2) is 14.6. The van der Waals surface area contributed by atoms with Crippen molar-refractivity contribution >= 4 is 22.9 Å². The first-order chi connectivity index (χ1) is 24.2. The van der Waals surface area contributed by atoms with E-state index in [1.807, 2.05) is 0 Å². The first kappa shape index (κ1) is 34.9. The zero-order valence-electron chi connectivity index (χ0n) is 27.8. The number of ketones is 2. The third-order valence-corrected chi connectivity index (χ3v) is 9.86. The number of H-pyrrole nitrogens is 1. The minimum atomic E-state index is -0.892. The number of quaternary nitrogens is 2. The van der Waals surface area contributed by atoms with Gasteiger partial charge in [0.1, 0.15) is 11.3 Å². The van der Waals surface area contributed by atoms with Gasteiger partial charge in [-0.2, -0.15) is 9.73 Å². The van der Waals surface area contributed by atoms with Gasteiger partial charge >= 0.3 is 0 Å². The van der Waals surface area contributed by atoms with Gasteiger partial charge in [0.25, 0.3) is 5.56 Å². The van der Waals surface area contributed by atoms with Crippen LogP contribution in [-0.2, 0) is 18.9 Å². The maximum Gasteiger partial charge on any atom is 0.260 e. The van der Waals surface area contributed by atoms with Crippen LogP contribution < -0.4 is 16.2 Å². The number of carbonyl (C=O) groups is 2. The van der Waals surface area contributed by atoms with Crippen molar-refractivity contribution in [3.05, 3.63) is 61.4 Å². The van der Waals surface area contributed by atoms with Crippen LogP contribution in [0.15, 0.2) is 23.1 Å². The fourth-order valence-corrected chi connectivity index (χ4v) is 7.18. The van der Waals surface area contributed by atoms with Crippen LogP contribution in [0, 0.1) is 10.4 Å². The molecule has 5 heterocycles. The van der Waals surface area contributed by atoms with Gasteiger partial charge in [-0.1, -0.05) is 0 Å². The number of aromatic nitrogens is 1. The molecule has 0 spiro atoms. The standard InChI is InChI=1S/C31H43N9O10/c41-24-19-32-31(44)28-27(24)29(42)25-22(33-20-39(45,35-3-11-47-12-4-35)36-5-13-48-14-6-36)1-2-23(26(25)30(28)43)34-21-40(46,37-7-15-49-16-8-37)38-9-17-50-18-10-38/h1-2,19,33-34,41H,3-18,20-21H2,(H,32,44). The van der Waals surface area contributed by atoms with Crippen LogP contribution in [-0.4, -0.2) is 170 Å². The monoisotopic (exact) mass is 701 g/mol. The lowest BCUT2D eigenvalue weighted by atomic mass is 9.82. The number of hydroxylamine groups is 2. The Labute approximate surface area is 287 Å². The van der Waals surface area contributed by atoms with Crippen molar-refractivity contribution in [1.29, 1.82) is 0 Å². The summed E-state index contributed by atoms with van der Waals surface area (Å²) in [6.07, 6.45) is 0.969. The van der Waals surface area contributed by atoms with Crippen molar-refractivity contribution in [2.75, 3.05) is 129 Å². The average Bonchev–Trinajstić information content (AvgIpc) is 3.17. The molecule has 7 rings (SSSR count). The molecule has 1 aromatic heterocycles. The van der Waals surface area contributed by atoms with Crippen LogP contribution in [0.3, 0.4) is 0 Å². The second-order valence-corrected chi connectivity index (χ2v) is 12.6. The SMILES string of the molecule is O=C1c2c(NC[N+]([O-])(N3CCOCC3)N3CCOCC3)ccc(NC[N+]([O-])(N3CCOCC3)N3CCOCC3)c2C(=O)c2c1c(O)c[nH]c2=O. The number of pyridine rings is 1. The molecule has 0 atom stereocenters. The Morgan fingerprint density at radius 3 is 1.30 bits per heavy atom. The van der Waals surface area contributed by atoms with E-state index in [1.165, 1.54) is 0 Å². The molecule has 0 amide bonds. The van der Waals surface area contributed by atoms with E-state index in [0.717, 1.165) is 6.20 Å². The highest BCUT2D eigenvalue weighted by atomic mass is 16.7. The Bertz CT molecular complexity index is 1600. The summed E-state index contributed by atoms with van der Waals surface area (Å²) >= 11 is 0. The molecule has 4 saturated heterocycles. The predicted octanol–water partition coefficient (Wildman–Crippen LogP) is -0.787. The molecule has 50 heavy (non-hydrogen) atoms. The molecule has 1 aromatic carbocycles. The van der Waals surface area contributed by atoms with Gasteiger partial charge in [0, 0.05) is 6.20 Å². The lowest BCUT2D eigenvalue weighted by Gasteiger charge is -2.55. The molecule has 0 radical (unpaired) electrons. The molecular formula is C31H43N9O10. The van der Waals surface area contributed by atoms with Gasteiger partial charge in [0.15, 0.2) is 13.3 Å². The Hall–Kier alpha value is -3.57. The van der Waals surface area contributed by atoms with E-state index in [0.29, 0.717) is 105 Å². The molecule has 2 aromatic rings. The quantitative estimate of drug-likeness (QED) is 0.116. The fraction of sp³-hybridized carbons (Fsp3) is 0.581. The first-order valence-corrected chi connectivity index (χ1v) is 16.9. The number of hydrogen-bond donors (Lipinski definition) is 4. The third kappa shape index (κ3) is 6.40. The van der Waals surface area contributed by atoms with E-state index in [2.05, 4.69) is 15.6 Å². The number of benzene rings is 1. The zero-order valence-corrected chi connectivity index (χ0v) is 27.8. The van der Waals surface area contributed by atoms with Crippen LogP contribution in [0.1, 0.15) is 31.8 Å². The van der Waals surface area contributed by atoms with Crippen molar-refractivity contribution in [1.82, 2.24) is 25.0 Å². The summed E-state index contributed by atoms with van der Waals surface area (Å²) in [5.74, 6) is -2.13. The number of hydrogen-bond acceptors (Lipinski definition) is 16.